The van der Waals surface area contributed by atoms with Crippen molar-refractivity contribution in [3.63, 3.8) is 0 Å². The van der Waals surface area contributed by atoms with E-state index < -0.39 is 5.69 Å². The normalized spacial score (nSPS) is 11.1. The molecule has 2 aromatic heterocycles. The van der Waals surface area contributed by atoms with Gasteiger partial charge in [0.1, 0.15) is 0 Å². The molecular weight excluding hydrogens is 390 g/mol. The van der Waals surface area contributed by atoms with Gasteiger partial charge in [-0.25, -0.2) is 4.79 Å². The fourth-order valence-corrected chi connectivity index (χ4v) is 3.42. The first kappa shape index (κ1) is 19.0. The minimum Gasteiger partial charge on any atom is -0.352 e. The van der Waals surface area contributed by atoms with Crippen LogP contribution < -0.4 is 16.6 Å². The summed E-state index contributed by atoms with van der Waals surface area (Å²) in [5.74, 6) is 0.513. The van der Waals surface area contributed by atoms with Crippen LogP contribution in [-0.2, 0) is 27.2 Å². The summed E-state index contributed by atoms with van der Waals surface area (Å²) in [7, 11) is 3.39. The standard InChI is InChI=1S/C21H20ClN5O2/c1-25-17-18(24-20(25)23-12-14-8-10-16(22)11-9-14)26(2)21(29)27(19(17)28)13-15-6-4-3-5-7-15/h3-11H,12-13H2,1-2H3,(H,23,24). The van der Waals surface area contributed by atoms with Crippen molar-refractivity contribution < 1.29 is 0 Å². The number of halogens is 1. The van der Waals surface area contributed by atoms with E-state index in [1.165, 1.54) is 9.13 Å². The summed E-state index contributed by atoms with van der Waals surface area (Å²) in [5, 5.41) is 3.90. The lowest BCUT2D eigenvalue weighted by atomic mass is 10.2. The lowest BCUT2D eigenvalue weighted by Gasteiger charge is -2.09. The van der Waals surface area contributed by atoms with E-state index in [9.17, 15) is 9.59 Å². The summed E-state index contributed by atoms with van der Waals surface area (Å²) >= 11 is 5.92. The number of hydrogen-bond donors (Lipinski definition) is 1. The molecule has 7 nitrogen and oxygen atoms in total. The molecule has 29 heavy (non-hydrogen) atoms. The molecular formula is C21H20ClN5O2. The highest BCUT2D eigenvalue weighted by atomic mass is 35.5. The van der Waals surface area contributed by atoms with Gasteiger partial charge in [-0.2, -0.15) is 4.98 Å². The topological polar surface area (TPSA) is 73.8 Å². The lowest BCUT2D eigenvalue weighted by Crippen LogP contribution is -2.39. The number of aromatic nitrogens is 4. The van der Waals surface area contributed by atoms with E-state index >= 15 is 0 Å². The third-order valence-corrected chi connectivity index (χ3v) is 5.16. The van der Waals surface area contributed by atoms with Crippen LogP contribution in [0.15, 0.2) is 64.2 Å². The van der Waals surface area contributed by atoms with Gasteiger partial charge in [-0.05, 0) is 23.3 Å². The average Bonchev–Trinajstić information content (AvgIpc) is 3.06. The van der Waals surface area contributed by atoms with Gasteiger partial charge in [-0.15, -0.1) is 0 Å². The van der Waals surface area contributed by atoms with Crippen LogP contribution in [0.25, 0.3) is 11.2 Å². The molecule has 0 saturated heterocycles. The van der Waals surface area contributed by atoms with Crippen LogP contribution in [0.1, 0.15) is 11.1 Å². The van der Waals surface area contributed by atoms with Gasteiger partial charge in [0, 0.05) is 25.7 Å². The maximum atomic E-state index is 13.1. The molecule has 0 bridgehead atoms. The van der Waals surface area contributed by atoms with Crippen LogP contribution in [0.5, 0.6) is 0 Å². The number of nitrogens with zero attached hydrogens (tertiary/aromatic N) is 4. The molecule has 0 aliphatic heterocycles. The van der Waals surface area contributed by atoms with Crippen molar-refractivity contribution in [1.29, 1.82) is 0 Å². The Hall–Kier alpha value is -3.32. The molecule has 8 heteroatoms. The van der Waals surface area contributed by atoms with Crippen LogP contribution in [0, 0.1) is 0 Å². The lowest BCUT2D eigenvalue weighted by molar-refractivity contribution is 0.655. The zero-order chi connectivity index (χ0) is 20.5. The third-order valence-electron chi connectivity index (χ3n) is 4.91. The van der Waals surface area contributed by atoms with Crippen molar-refractivity contribution in [2.45, 2.75) is 13.1 Å². The van der Waals surface area contributed by atoms with Crippen LogP contribution in [0.3, 0.4) is 0 Å². The van der Waals surface area contributed by atoms with E-state index in [4.69, 9.17) is 11.6 Å². The highest BCUT2D eigenvalue weighted by Gasteiger charge is 2.18. The number of anilines is 1. The second kappa shape index (κ2) is 7.60. The molecule has 0 aliphatic carbocycles. The monoisotopic (exact) mass is 409 g/mol. The molecule has 148 valence electrons. The largest absolute Gasteiger partial charge is 0.352 e. The number of hydrogen-bond acceptors (Lipinski definition) is 4. The van der Waals surface area contributed by atoms with Gasteiger partial charge in [-0.3, -0.25) is 13.9 Å². The Labute approximate surface area is 171 Å². The molecule has 0 fully saturated rings. The maximum Gasteiger partial charge on any atom is 0.332 e. The fourth-order valence-electron chi connectivity index (χ4n) is 3.29. The van der Waals surface area contributed by atoms with Gasteiger partial charge in [-0.1, -0.05) is 54.1 Å². The van der Waals surface area contributed by atoms with Gasteiger partial charge >= 0.3 is 5.69 Å². The predicted octanol–water partition coefficient (Wildman–Crippen LogP) is 2.75. The molecule has 0 aliphatic rings. The van der Waals surface area contributed by atoms with Crippen molar-refractivity contribution >= 4 is 28.7 Å². The van der Waals surface area contributed by atoms with Crippen LogP contribution >= 0.6 is 11.6 Å². The molecule has 4 aromatic rings. The number of benzene rings is 2. The van der Waals surface area contributed by atoms with Gasteiger partial charge in [0.15, 0.2) is 11.2 Å². The molecule has 2 heterocycles. The highest BCUT2D eigenvalue weighted by molar-refractivity contribution is 6.30. The minimum atomic E-state index is -0.395. The van der Waals surface area contributed by atoms with Crippen LogP contribution in [-0.4, -0.2) is 18.7 Å². The van der Waals surface area contributed by atoms with E-state index in [0.29, 0.717) is 28.7 Å². The maximum absolute atomic E-state index is 13.1. The Morgan fingerprint density at radius 3 is 2.31 bits per heavy atom. The first-order valence-corrected chi connectivity index (χ1v) is 9.52. The summed E-state index contributed by atoms with van der Waals surface area (Å²) in [4.78, 5) is 30.4. The minimum absolute atomic E-state index is 0.209. The molecule has 0 radical (unpaired) electrons. The Kier molecular flexibility index (Phi) is 4.98. The van der Waals surface area contributed by atoms with Crippen molar-refractivity contribution in [2.24, 2.45) is 14.1 Å². The fraction of sp³-hybridized carbons (Fsp3) is 0.190. The summed E-state index contributed by atoms with van der Waals surface area (Å²) < 4.78 is 4.34. The van der Waals surface area contributed by atoms with E-state index in [0.717, 1.165) is 11.1 Å². The van der Waals surface area contributed by atoms with Gasteiger partial charge in [0.2, 0.25) is 5.95 Å². The van der Waals surface area contributed by atoms with Gasteiger partial charge in [0.05, 0.1) is 6.54 Å². The number of rotatable bonds is 5. The molecule has 0 atom stereocenters. The number of aryl methyl sites for hydroxylation is 2. The van der Waals surface area contributed by atoms with Gasteiger partial charge in [0.25, 0.3) is 5.56 Å². The summed E-state index contributed by atoms with van der Waals surface area (Å²) in [5.41, 5.74) is 1.88. The summed E-state index contributed by atoms with van der Waals surface area (Å²) in [6.45, 7) is 0.724. The second-order valence-corrected chi connectivity index (χ2v) is 7.30. The van der Waals surface area contributed by atoms with Crippen molar-refractivity contribution in [1.82, 2.24) is 18.7 Å². The SMILES string of the molecule is Cn1c(NCc2ccc(Cl)cc2)nc2c1c(=O)n(Cc1ccccc1)c(=O)n2C. The highest BCUT2D eigenvalue weighted by Crippen LogP contribution is 2.16. The first-order valence-electron chi connectivity index (χ1n) is 9.14. The van der Waals surface area contributed by atoms with E-state index in [1.807, 2.05) is 54.6 Å². The molecule has 0 unspecified atom stereocenters. The smallest absolute Gasteiger partial charge is 0.332 e. The molecule has 2 aromatic carbocycles. The average molecular weight is 410 g/mol. The van der Waals surface area contributed by atoms with E-state index in [-0.39, 0.29) is 12.1 Å². The Morgan fingerprint density at radius 2 is 1.62 bits per heavy atom. The van der Waals surface area contributed by atoms with Gasteiger partial charge < -0.3 is 9.88 Å². The van der Waals surface area contributed by atoms with Crippen molar-refractivity contribution in [2.75, 3.05) is 5.32 Å². The third kappa shape index (κ3) is 3.56. The number of fused-ring (bicyclic) bond motifs is 1. The Bertz CT molecular complexity index is 1290. The first-order chi connectivity index (χ1) is 14.0. The molecule has 4 rings (SSSR count). The Balaban J connectivity index is 1.74. The molecule has 0 saturated carbocycles. The molecule has 0 spiro atoms. The Morgan fingerprint density at radius 1 is 0.931 bits per heavy atom. The second-order valence-electron chi connectivity index (χ2n) is 6.87. The van der Waals surface area contributed by atoms with Crippen molar-refractivity contribution in [3.8, 4) is 0 Å². The van der Waals surface area contributed by atoms with E-state index in [1.54, 1.807) is 18.7 Å². The quantitative estimate of drug-likeness (QED) is 0.550. The number of imidazole rings is 1. The number of nitrogens with one attached hydrogen (secondary N) is 1. The van der Waals surface area contributed by atoms with Crippen LogP contribution in [0.4, 0.5) is 5.95 Å². The van der Waals surface area contributed by atoms with Crippen LogP contribution in [0.2, 0.25) is 5.02 Å². The summed E-state index contributed by atoms with van der Waals surface area (Å²) in [6.07, 6.45) is 0. The predicted molar refractivity (Wildman–Crippen MR) is 115 cm³/mol. The summed E-state index contributed by atoms with van der Waals surface area (Å²) in [6, 6.07) is 16.9. The zero-order valence-electron chi connectivity index (χ0n) is 16.1. The zero-order valence-corrected chi connectivity index (χ0v) is 16.8. The molecule has 0 amide bonds. The van der Waals surface area contributed by atoms with E-state index in [2.05, 4.69) is 10.3 Å². The van der Waals surface area contributed by atoms with Crippen molar-refractivity contribution in [3.05, 3.63) is 91.6 Å². The molecule has 1 N–H and O–H groups in total.